The van der Waals surface area contributed by atoms with Gasteiger partial charge in [-0.1, -0.05) is 6.58 Å². The number of hydrogen-bond acceptors (Lipinski definition) is 8. The minimum absolute atomic E-state index is 0.0202. The first-order valence-electron chi connectivity index (χ1n) is 12.1. The van der Waals surface area contributed by atoms with Crippen molar-refractivity contribution in [3.05, 3.63) is 48.4 Å². The van der Waals surface area contributed by atoms with Gasteiger partial charge in [-0.05, 0) is 57.4 Å². The molecular formula is C25H32FN7O3. The van der Waals surface area contributed by atoms with Gasteiger partial charge in [-0.2, -0.15) is 4.98 Å². The normalized spacial score (nSPS) is 21.5. The van der Waals surface area contributed by atoms with Gasteiger partial charge in [0.1, 0.15) is 24.6 Å². The van der Waals surface area contributed by atoms with Gasteiger partial charge in [0.05, 0.1) is 23.6 Å². The molecule has 0 aromatic carbocycles. The quantitative estimate of drug-likeness (QED) is 0.534. The molecule has 4 atom stereocenters. The molecule has 10 nitrogen and oxygen atoms in total. The number of anilines is 3. The van der Waals surface area contributed by atoms with Crippen LogP contribution in [0.15, 0.2) is 37.2 Å². The van der Waals surface area contributed by atoms with Crippen molar-refractivity contribution in [3.63, 3.8) is 0 Å². The molecule has 0 aliphatic carbocycles. The zero-order chi connectivity index (χ0) is 25.8. The summed E-state index contributed by atoms with van der Waals surface area (Å²) in [6.45, 7) is 10.5. The topological polar surface area (TPSA) is 113 Å². The van der Waals surface area contributed by atoms with Gasteiger partial charge in [-0.15, -0.1) is 0 Å². The molecule has 0 spiro atoms. The van der Waals surface area contributed by atoms with Crippen molar-refractivity contribution >= 4 is 29.5 Å². The molecule has 0 bridgehead atoms. The standard InChI is InChI=1S/C25H32FN7O3/c1-5-23(34)30-18-7-6-10-32(13-18)20-12-28-19(11-15(20)2)17(4)29-24-27-9-8-22(31-24)33-21(16(3)26)14-36-25(33)35/h5,8-9,11-12,16-18,21H,1,6-7,10,13-14H2,2-4H3,(H,30,34)(H,27,29,31)/t16-,17-,18-,21+/m0/s1. The number of carbonyl (C=O) groups is 2. The fourth-order valence-corrected chi connectivity index (χ4v) is 4.57. The fourth-order valence-electron chi connectivity index (χ4n) is 4.57. The number of rotatable bonds is 8. The van der Waals surface area contributed by atoms with Crippen molar-refractivity contribution in [2.75, 3.05) is 34.8 Å². The van der Waals surface area contributed by atoms with Crippen LogP contribution in [0.4, 0.5) is 26.6 Å². The predicted molar refractivity (Wildman–Crippen MR) is 135 cm³/mol. The molecular weight excluding hydrogens is 465 g/mol. The lowest BCUT2D eigenvalue weighted by Crippen LogP contribution is -2.47. The average Bonchev–Trinajstić information content (AvgIpc) is 3.26. The van der Waals surface area contributed by atoms with Crippen LogP contribution in [0, 0.1) is 6.92 Å². The van der Waals surface area contributed by atoms with E-state index < -0.39 is 18.3 Å². The van der Waals surface area contributed by atoms with Crippen molar-refractivity contribution in [1.29, 1.82) is 0 Å². The molecule has 11 heteroatoms. The number of carbonyl (C=O) groups excluding carboxylic acids is 2. The summed E-state index contributed by atoms with van der Waals surface area (Å²) in [5.41, 5.74) is 2.90. The minimum Gasteiger partial charge on any atom is -0.447 e. The Kier molecular flexibility index (Phi) is 7.66. The van der Waals surface area contributed by atoms with Crippen molar-refractivity contribution in [2.24, 2.45) is 0 Å². The number of hydrogen-bond donors (Lipinski definition) is 2. The van der Waals surface area contributed by atoms with E-state index in [2.05, 4.69) is 37.1 Å². The molecule has 4 rings (SSSR count). The van der Waals surface area contributed by atoms with Crippen LogP contribution >= 0.6 is 0 Å². The summed E-state index contributed by atoms with van der Waals surface area (Å²) in [5.74, 6) is 0.416. The first-order chi connectivity index (χ1) is 17.3. The Balaban J connectivity index is 1.45. The van der Waals surface area contributed by atoms with Crippen LogP contribution in [0.3, 0.4) is 0 Å². The molecule has 2 aromatic rings. The van der Waals surface area contributed by atoms with Gasteiger partial charge in [-0.25, -0.2) is 14.2 Å². The zero-order valence-corrected chi connectivity index (χ0v) is 20.8. The fraction of sp³-hybridized carbons (Fsp3) is 0.480. The van der Waals surface area contributed by atoms with Crippen molar-refractivity contribution in [1.82, 2.24) is 20.3 Å². The van der Waals surface area contributed by atoms with Crippen LogP contribution in [0.5, 0.6) is 0 Å². The molecule has 2 fully saturated rings. The monoisotopic (exact) mass is 497 g/mol. The number of halogens is 1. The Morgan fingerprint density at radius 2 is 2.17 bits per heavy atom. The maximum atomic E-state index is 14.0. The molecule has 2 aliphatic rings. The van der Waals surface area contributed by atoms with Gasteiger partial charge < -0.3 is 20.3 Å². The van der Waals surface area contributed by atoms with E-state index in [1.165, 1.54) is 24.1 Å². The van der Waals surface area contributed by atoms with E-state index in [1.54, 1.807) is 6.07 Å². The van der Waals surface area contributed by atoms with Crippen molar-refractivity contribution in [3.8, 4) is 0 Å². The van der Waals surface area contributed by atoms with E-state index in [1.807, 2.05) is 26.1 Å². The van der Waals surface area contributed by atoms with Gasteiger partial charge in [-0.3, -0.25) is 14.7 Å². The van der Waals surface area contributed by atoms with Gasteiger partial charge in [0.15, 0.2) is 0 Å². The Hall–Kier alpha value is -3.76. The largest absolute Gasteiger partial charge is 0.447 e. The summed E-state index contributed by atoms with van der Waals surface area (Å²) >= 11 is 0. The first kappa shape index (κ1) is 25.3. The van der Waals surface area contributed by atoms with Gasteiger partial charge in [0.25, 0.3) is 0 Å². The number of pyridine rings is 1. The number of cyclic esters (lactones) is 1. The third-order valence-corrected chi connectivity index (χ3v) is 6.51. The second-order valence-corrected chi connectivity index (χ2v) is 9.19. The van der Waals surface area contributed by atoms with Crippen LogP contribution in [-0.2, 0) is 9.53 Å². The lowest BCUT2D eigenvalue weighted by atomic mass is 10.0. The molecule has 192 valence electrons. The molecule has 2 aliphatic heterocycles. The zero-order valence-electron chi connectivity index (χ0n) is 20.8. The molecule has 2 saturated heterocycles. The summed E-state index contributed by atoms with van der Waals surface area (Å²) in [5, 5.41) is 6.20. The van der Waals surface area contributed by atoms with E-state index in [0.717, 1.165) is 36.3 Å². The molecule has 2 N–H and O–H groups in total. The lowest BCUT2D eigenvalue weighted by Gasteiger charge is -2.35. The molecule has 4 heterocycles. The van der Waals surface area contributed by atoms with Crippen LogP contribution in [-0.4, -0.2) is 64.9 Å². The van der Waals surface area contributed by atoms with Crippen molar-refractivity contribution in [2.45, 2.75) is 57.9 Å². The summed E-state index contributed by atoms with van der Waals surface area (Å²) < 4.78 is 19.0. The summed E-state index contributed by atoms with van der Waals surface area (Å²) in [4.78, 5) is 40.6. The van der Waals surface area contributed by atoms with E-state index in [-0.39, 0.29) is 30.4 Å². The number of aryl methyl sites for hydroxylation is 1. The molecule has 2 amide bonds. The van der Waals surface area contributed by atoms with Crippen LogP contribution in [0.1, 0.15) is 44.0 Å². The van der Waals surface area contributed by atoms with Crippen LogP contribution in [0.25, 0.3) is 0 Å². The van der Waals surface area contributed by atoms with Gasteiger partial charge in [0, 0.05) is 25.3 Å². The average molecular weight is 498 g/mol. The maximum absolute atomic E-state index is 14.0. The number of nitrogens with zero attached hydrogens (tertiary/aromatic N) is 5. The lowest BCUT2D eigenvalue weighted by molar-refractivity contribution is -0.117. The first-order valence-corrected chi connectivity index (χ1v) is 12.1. The predicted octanol–water partition coefficient (Wildman–Crippen LogP) is 3.31. The second kappa shape index (κ2) is 10.9. The van der Waals surface area contributed by atoms with E-state index in [0.29, 0.717) is 12.5 Å². The number of amides is 2. The number of alkyl halides is 1. The number of piperidine rings is 1. The highest BCUT2D eigenvalue weighted by molar-refractivity contribution is 5.89. The Labute approximate surface area is 210 Å². The van der Waals surface area contributed by atoms with E-state index in [4.69, 9.17) is 4.74 Å². The molecule has 0 saturated carbocycles. The highest BCUT2D eigenvalue weighted by Gasteiger charge is 2.39. The third-order valence-electron chi connectivity index (χ3n) is 6.51. The molecule has 36 heavy (non-hydrogen) atoms. The van der Waals surface area contributed by atoms with Crippen molar-refractivity contribution < 1.29 is 18.7 Å². The van der Waals surface area contributed by atoms with E-state index in [9.17, 15) is 14.0 Å². The maximum Gasteiger partial charge on any atom is 0.416 e. The van der Waals surface area contributed by atoms with Crippen LogP contribution in [0.2, 0.25) is 0 Å². The molecule has 2 aromatic heterocycles. The third kappa shape index (κ3) is 5.55. The Morgan fingerprint density at radius 1 is 1.36 bits per heavy atom. The number of ether oxygens (including phenoxy) is 1. The smallest absolute Gasteiger partial charge is 0.416 e. The molecule has 0 unspecified atom stereocenters. The summed E-state index contributed by atoms with van der Waals surface area (Å²) in [7, 11) is 0. The highest BCUT2D eigenvalue weighted by Crippen LogP contribution is 2.28. The Bertz CT molecular complexity index is 1130. The van der Waals surface area contributed by atoms with E-state index >= 15 is 0 Å². The number of nitrogens with one attached hydrogen (secondary N) is 2. The summed E-state index contributed by atoms with van der Waals surface area (Å²) in [6, 6.07) is 2.69. The minimum atomic E-state index is -1.26. The Morgan fingerprint density at radius 3 is 2.89 bits per heavy atom. The SMILES string of the molecule is C=CC(=O)N[C@H]1CCCN(c2cnc([C@H](C)Nc3nccc(N4C(=O)OC[C@@H]4[C@H](C)F)n3)cc2C)C1. The highest BCUT2D eigenvalue weighted by atomic mass is 19.1. The summed E-state index contributed by atoms with van der Waals surface area (Å²) in [6.07, 6.45) is 4.68. The van der Waals surface area contributed by atoms with Gasteiger partial charge in [0.2, 0.25) is 11.9 Å². The number of aromatic nitrogens is 3. The van der Waals surface area contributed by atoms with Crippen LogP contribution < -0.4 is 20.4 Å². The van der Waals surface area contributed by atoms with Gasteiger partial charge >= 0.3 is 6.09 Å². The molecule has 0 radical (unpaired) electrons. The second-order valence-electron chi connectivity index (χ2n) is 9.19.